The molecule has 0 heterocycles. The van der Waals surface area contributed by atoms with E-state index < -0.39 is 28.8 Å². The lowest BCUT2D eigenvalue weighted by Gasteiger charge is -2.19. The van der Waals surface area contributed by atoms with Crippen molar-refractivity contribution in [2.24, 2.45) is 0 Å². The number of ether oxygens (including phenoxy) is 1. The van der Waals surface area contributed by atoms with Gasteiger partial charge in [-0.1, -0.05) is 38.5 Å². The van der Waals surface area contributed by atoms with E-state index in [-0.39, 0.29) is 16.7 Å². The molecule has 0 bridgehead atoms. The van der Waals surface area contributed by atoms with Crippen LogP contribution in [0.2, 0.25) is 0 Å². The summed E-state index contributed by atoms with van der Waals surface area (Å²) >= 11 is 0.979. The summed E-state index contributed by atoms with van der Waals surface area (Å²) in [5, 5.41) is 1.84. The zero-order valence-electron chi connectivity index (χ0n) is 16.7. The Morgan fingerprint density at radius 1 is 1.10 bits per heavy atom. The van der Waals surface area contributed by atoms with Gasteiger partial charge in [-0.3, -0.25) is 9.59 Å². The summed E-state index contributed by atoms with van der Waals surface area (Å²) in [6.45, 7) is 5.61. The Morgan fingerprint density at radius 3 is 2.41 bits per heavy atom. The van der Waals surface area contributed by atoms with Gasteiger partial charge in [-0.05, 0) is 38.0 Å². The molecule has 0 saturated heterocycles. The van der Waals surface area contributed by atoms with Crippen LogP contribution in [-0.4, -0.2) is 23.2 Å². The quantitative estimate of drug-likeness (QED) is 0.409. The summed E-state index contributed by atoms with van der Waals surface area (Å²) in [6.07, 6.45) is 1.63. The fourth-order valence-electron chi connectivity index (χ4n) is 2.50. The first-order valence-electron chi connectivity index (χ1n) is 9.58. The average Bonchev–Trinajstić information content (AvgIpc) is 2.71. The van der Waals surface area contributed by atoms with Gasteiger partial charge in [0, 0.05) is 16.5 Å². The Bertz CT molecular complexity index is 845. The van der Waals surface area contributed by atoms with Crippen LogP contribution in [0.15, 0.2) is 47.4 Å². The van der Waals surface area contributed by atoms with Crippen molar-refractivity contribution in [2.45, 2.75) is 56.3 Å². The van der Waals surface area contributed by atoms with Crippen molar-refractivity contribution in [3.05, 3.63) is 59.7 Å². The number of carbonyl (C=O) groups is 2. The van der Waals surface area contributed by atoms with Crippen LogP contribution in [0.1, 0.15) is 50.4 Å². The van der Waals surface area contributed by atoms with E-state index in [1.807, 2.05) is 13.8 Å². The standard InChI is InChI=1S/C22H25F2NO3S/c1-4-9-19(22(27)28-14(3)5-2)29-20-13-18(16(23)12-17(20)24)25-21(26)15-10-7-6-8-11-15/h6-8,10-14,19H,4-5,9H2,1-3H3,(H,25,26). The van der Waals surface area contributed by atoms with Crippen LogP contribution >= 0.6 is 11.8 Å². The van der Waals surface area contributed by atoms with Crippen molar-refractivity contribution < 1.29 is 23.1 Å². The number of carbonyl (C=O) groups excluding carboxylic acids is 2. The van der Waals surface area contributed by atoms with Crippen molar-refractivity contribution in [3.8, 4) is 0 Å². The third-order valence-electron chi connectivity index (χ3n) is 4.28. The number of nitrogens with one attached hydrogen (secondary N) is 1. The second-order valence-electron chi connectivity index (χ2n) is 6.63. The van der Waals surface area contributed by atoms with Crippen molar-refractivity contribution in [1.82, 2.24) is 0 Å². The molecule has 1 N–H and O–H groups in total. The number of hydrogen-bond acceptors (Lipinski definition) is 4. The maximum absolute atomic E-state index is 14.4. The van der Waals surface area contributed by atoms with Crippen LogP contribution in [0.5, 0.6) is 0 Å². The molecule has 2 aromatic rings. The number of rotatable bonds is 9. The maximum Gasteiger partial charge on any atom is 0.319 e. The summed E-state index contributed by atoms with van der Waals surface area (Å²) in [4.78, 5) is 24.8. The lowest BCUT2D eigenvalue weighted by atomic mass is 10.2. The Labute approximate surface area is 174 Å². The molecule has 1 amide bonds. The Kier molecular flexibility index (Phi) is 8.64. The highest BCUT2D eigenvalue weighted by Crippen LogP contribution is 2.33. The van der Waals surface area contributed by atoms with Crippen LogP contribution in [0.3, 0.4) is 0 Å². The predicted molar refractivity (Wildman–Crippen MR) is 111 cm³/mol. The third-order valence-corrected chi connectivity index (χ3v) is 5.56. The average molecular weight is 422 g/mol. The van der Waals surface area contributed by atoms with Crippen LogP contribution < -0.4 is 5.32 Å². The zero-order valence-corrected chi connectivity index (χ0v) is 17.5. The van der Waals surface area contributed by atoms with Gasteiger partial charge in [0.1, 0.15) is 16.9 Å². The van der Waals surface area contributed by atoms with Gasteiger partial charge in [0.2, 0.25) is 0 Å². The maximum atomic E-state index is 14.4. The molecular weight excluding hydrogens is 396 g/mol. The van der Waals surface area contributed by atoms with E-state index in [1.54, 1.807) is 37.3 Å². The molecule has 0 saturated carbocycles. The Morgan fingerprint density at radius 2 is 1.79 bits per heavy atom. The van der Waals surface area contributed by atoms with Crippen molar-refractivity contribution >= 4 is 29.3 Å². The van der Waals surface area contributed by atoms with Gasteiger partial charge in [-0.15, -0.1) is 11.8 Å². The number of esters is 1. The highest BCUT2D eigenvalue weighted by Gasteiger charge is 2.24. The molecule has 156 valence electrons. The summed E-state index contributed by atoms with van der Waals surface area (Å²) in [7, 11) is 0. The van der Waals surface area contributed by atoms with Crippen molar-refractivity contribution in [3.63, 3.8) is 0 Å². The fourth-order valence-corrected chi connectivity index (χ4v) is 3.67. The molecule has 2 atom stereocenters. The van der Waals surface area contributed by atoms with Crippen molar-refractivity contribution in [1.29, 1.82) is 0 Å². The first-order chi connectivity index (χ1) is 13.8. The van der Waals surface area contributed by atoms with Gasteiger partial charge in [0.15, 0.2) is 0 Å². The fraction of sp³-hybridized carbons (Fsp3) is 0.364. The summed E-state index contributed by atoms with van der Waals surface area (Å²) in [5.74, 6) is -2.61. The topological polar surface area (TPSA) is 55.4 Å². The van der Waals surface area contributed by atoms with Gasteiger partial charge in [-0.25, -0.2) is 8.78 Å². The second-order valence-corrected chi connectivity index (χ2v) is 7.88. The summed E-state index contributed by atoms with van der Waals surface area (Å²) in [6, 6.07) is 10.3. The zero-order chi connectivity index (χ0) is 21.4. The van der Waals surface area contributed by atoms with Crippen LogP contribution in [0.25, 0.3) is 0 Å². The Hall–Kier alpha value is -2.41. The molecule has 2 unspecified atom stereocenters. The molecule has 0 aliphatic heterocycles. The van der Waals surface area contributed by atoms with E-state index >= 15 is 0 Å². The van der Waals surface area contributed by atoms with Gasteiger partial charge in [0.25, 0.3) is 5.91 Å². The van der Waals surface area contributed by atoms with Gasteiger partial charge < -0.3 is 10.1 Å². The number of benzene rings is 2. The number of hydrogen-bond donors (Lipinski definition) is 1. The SMILES string of the molecule is CCCC(Sc1cc(NC(=O)c2ccccc2)c(F)cc1F)C(=O)OC(C)CC. The summed E-state index contributed by atoms with van der Waals surface area (Å²) < 4.78 is 33.9. The number of amides is 1. The predicted octanol–water partition coefficient (Wildman–Crippen LogP) is 5.82. The van der Waals surface area contributed by atoms with E-state index in [0.29, 0.717) is 30.9 Å². The highest BCUT2D eigenvalue weighted by molar-refractivity contribution is 8.00. The molecule has 29 heavy (non-hydrogen) atoms. The number of halogens is 2. The van der Waals surface area contributed by atoms with Crippen LogP contribution in [-0.2, 0) is 9.53 Å². The minimum absolute atomic E-state index is 0.0781. The van der Waals surface area contributed by atoms with E-state index in [4.69, 9.17) is 4.74 Å². The number of anilines is 1. The summed E-state index contributed by atoms with van der Waals surface area (Å²) in [5.41, 5.74) is 0.208. The minimum Gasteiger partial charge on any atom is -0.462 e. The lowest BCUT2D eigenvalue weighted by molar-refractivity contribution is -0.147. The van der Waals surface area contributed by atoms with Crippen LogP contribution in [0, 0.1) is 11.6 Å². The highest BCUT2D eigenvalue weighted by atomic mass is 32.2. The largest absolute Gasteiger partial charge is 0.462 e. The minimum atomic E-state index is -0.884. The molecular formula is C22H25F2NO3S. The third kappa shape index (κ3) is 6.56. The molecule has 0 aliphatic rings. The first kappa shape index (κ1) is 22.9. The Balaban J connectivity index is 2.22. The van der Waals surface area contributed by atoms with E-state index in [1.165, 1.54) is 6.07 Å². The van der Waals surface area contributed by atoms with Gasteiger partial charge >= 0.3 is 5.97 Å². The number of thioether (sulfide) groups is 1. The molecule has 0 radical (unpaired) electrons. The normalized spacial score (nSPS) is 12.9. The molecule has 2 rings (SSSR count). The van der Waals surface area contributed by atoms with E-state index in [0.717, 1.165) is 11.8 Å². The van der Waals surface area contributed by atoms with Gasteiger partial charge in [0.05, 0.1) is 11.8 Å². The van der Waals surface area contributed by atoms with E-state index in [2.05, 4.69) is 5.32 Å². The monoisotopic (exact) mass is 421 g/mol. The first-order valence-corrected chi connectivity index (χ1v) is 10.5. The van der Waals surface area contributed by atoms with E-state index in [9.17, 15) is 18.4 Å². The molecule has 0 spiro atoms. The molecule has 0 fully saturated rings. The van der Waals surface area contributed by atoms with Gasteiger partial charge in [-0.2, -0.15) is 0 Å². The molecule has 4 nitrogen and oxygen atoms in total. The molecule has 2 aromatic carbocycles. The molecule has 0 aromatic heterocycles. The lowest BCUT2D eigenvalue weighted by Crippen LogP contribution is -2.24. The molecule has 0 aliphatic carbocycles. The molecule has 7 heteroatoms. The second kappa shape index (κ2) is 11.0. The van der Waals surface area contributed by atoms with Crippen molar-refractivity contribution in [2.75, 3.05) is 5.32 Å². The van der Waals surface area contributed by atoms with Crippen LogP contribution in [0.4, 0.5) is 14.5 Å². The smallest absolute Gasteiger partial charge is 0.319 e.